The van der Waals surface area contributed by atoms with Crippen molar-refractivity contribution in [2.75, 3.05) is 6.54 Å². The molecule has 0 bridgehead atoms. The van der Waals surface area contributed by atoms with E-state index in [2.05, 4.69) is 22.3 Å². The SMILES string of the molecule is CCNC(c1scnc1C)c1c(Cl)cnn1C. The van der Waals surface area contributed by atoms with Crippen molar-refractivity contribution < 1.29 is 0 Å². The van der Waals surface area contributed by atoms with E-state index < -0.39 is 0 Å². The van der Waals surface area contributed by atoms with E-state index in [1.807, 2.05) is 24.2 Å². The van der Waals surface area contributed by atoms with Crippen LogP contribution in [-0.2, 0) is 7.05 Å². The van der Waals surface area contributed by atoms with Gasteiger partial charge in [0, 0.05) is 7.05 Å². The summed E-state index contributed by atoms with van der Waals surface area (Å²) in [5.74, 6) is 0. The number of nitrogens with one attached hydrogen (secondary N) is 1. The molecule has 17 heavy (non-hydrogen) atoms. The Morgan fingerprint density at radius 1 is 1.59 bits per heavy atom. The number of nitrogens with zero attached hydrogens (tertiary/aromatic N) is 3. The van der Waals surface area contributed by atoms with Crippen LogP contribution in [0.5, 0.6) is 0 Å². The Labute approximate surface area is 110 Å². The van der Waals surface area contributed by atoms with Crippen molar-refractivity contribution in [2.45, 2.75) is 19.9 Å². The molecule has 0 saturated heterocycles. The van der Waals surface area contributed by atoms with E-state index in [-0.39, 0.29) is 6.04 Å². The van der Waals surface area contributed by atoms with Gasteiger partial charge in [-0.05, 0) is 13.5 Å². The summed E-state index contributed by atoms with van der Waals surface area (Å²) in [6.07, 6.45) is 1.68. The fraction of sp³-hybridized carbons (Fsp3) is 0.455. The summed E-state index contributed by atoms with van der Waals surface area (Å²) in [7, 11) is 1.90. The Kier molecular flexibility index (Phi) is 3.81. The minimum atomic E-state index is 0.0625. The van der Waals surface area contributed by atoms with Crippen LogP contribution >= 0.6 is 22.9 Å². The Bertz CT molecular complexity index is 486. The summed E-state index contributed by atoms with van der Waals surface area (Å²) in [5.41, 5.74) is 3.89. The molecule has 1 atom stereocenters. The molecule has 0 saturated carbocycles. The zero-order valence-electron chi connectivity index (χ0n) is 10.1. The largest absolute Gasteiger partial charge is 0.304 e. The second-order valence-corrected chi connectivity index (χ2v) is 5.09. The van der Waals surface area contributed by atoms with Gasteiger partial charge in [0.2, 0.25) is 0 Å². The van der Waals surface area contributed by atoms with Crippen LogP contribution < -0.4 is 5.32 Å². The smallest absolute Gasteiger partial charge is 0.0875 e. The topological polar surface area (TPSA) is 42.7 Å². The number of aromatic nitrogens is 3. The van der Waals surface area contributed by atoms with Crippen LogP contribution in [0.2, 0.25) is 5.02 Å². The van der Waals surface area contributed by atoms with Gasteiger partial charge < -0.3 is 5.32 Å². The van der Waals surface area contributed by atoms with Crippen LogP contribution in [0.15, 0.2) is 11.7 Å². The fourth-order valence-corrected chi connectivity index (χ4v) is 3.00. The lowest BCUT2D eigenvalue weighted by Gasteiger charge is -2.18. The molecular formula is C11H15ClN4S. The highest BCUT2D eigenvalue weighted by Gasteiger charge is 2.23. The average molecular weight is 271 g/mol. The molecular weight excluding hydrogens is 256 g/mol. The van der Waals surface area contributed by atoms with E-state index in [9.17, 15) is 0 Å². The number of halogens is 1. The molecule has 0 fully saturated rings. The molecule has 0 radical (unpaired) electrons. The van der Waals surface area contributed by atoms with Gasteiger partial charge >= 0.3 is 0 Å². The average Bonchev–Trinajstić information content (AvgIpc) is 2.84. The van der Waals surface area contributed by atoms with E-state index in [1.54, 1.807) is 17.5 Å². The van der Waals surface area contributed by atoms with Gasteiger partial charge in [-0.15, -0.1) is 11.3 Å². The summed E-state index contributed by atoms with van der Waals surface area (Å²) in [5, 5.41) is 8.31. The normalized spacial score (nSPS) is 12.9. The molecule has 0 aromatic carbocycles. The third-order valence-corrected chi connectivity index (χ3v) is 3.95. The van der Waals surface area contributed by atoms with Crippen LogP contribution in [0.4, 0.5) is 0 Å². The maximum absolute atomic E-state index is 6.21. The van der Waals surface area contributed by atoms with Crippen molar-refractivity contribution in [1.82, 2.24) is 20.1 Å². The molecule has 0 spiro atoms. The number of thiazole rings is 1. The molecule has 1 N–H and O–H groups in total. The van der Waals surface area contributed by atoms with E-state index in [0.29, 0.717) is 5.02 Å². The van der Waals surface area contributed by atoms with Crippen LogP contribution in [0.3, 0.4) is 0 Å². The van der Waals surface area contributed by atoms with Crippen LogP contribution in [-0.4, -0.2) is 21.3 Å². The third kappa shape index (κ3) is 2.36. The van der Waals surface area contributed by atoms with Crippen LogP contribution in [0, 0.1) is 6.92 Å². The second kappa shape index (κ2) is 5.16. The van der Waals surface area contributed by atoms with Crippen molar-refractivity contribution in [3.8, 4) is 0 Å². The lowest BCUT2D eigenvalue weighted by molar-refractivity contribution is 0.577. The number of hydrogen-bond donors (Lipinski definition) is 1. The molecule has 2 rings (SSSR count). The number of rotatable bonds is 4. The third-order valence-electron chi connectivity index (χ3n) is 2.66. The molecule has 4 nitrogen and oxygen atoms in total. The van der Waals surface area contributed by atoms with Crippen molar-refractivity contribution in [3.05, 3.63) is 33.0 Å². The quantitative estimate of drug-likeness (QED) is 0.928. The maximum Gasteiger partial charge on any atom is 0.0875 e. The van der Waals surface area contributed by atoms with Gasteiger partial charge in [0.1, 0.15) is 0 Å². The molecule has 2 aromatic heterocycles. The predicted molar refractivity (Wildman–Crippen MR) is 70.6 cm³/mol. The Morgan fingerprint density at radius 3 is 2.82 bits per heavy atom. The van der Waals surface area contributed by atoms with Crippen molar-refractivity contribution in [3.63, 3.8) is 0 Å². The molecule has 92 valence electrons. The first-order chi connectivity index (χ1) is 8.15. The highest BCUT2D eigenvalue weighted by molar-refractivity contribution is 7.09. The maximum atomic E-state index is 6.21. The van der Waals surface area contributed by atoms with Crippen LogP contribution in [0.1, 0.15) is 29.2 Å². The molecule has 2 aromatic rings. The first-order valence-electron chi connectivity index (χ1n) is 5.45. The highest BCUT2D eigenvalue weighted by atomic mass is 35.5. The van der Waals surface area contributed by atoms with Gasteiger partial charge in [0.15, 0.2) is 0 Å². The van der Waals surface area contributed by atoms with E-state index >= 15 is 0 Å². The summed E-state index contributed by atoms with van der Waals surface area (Å²) < 4.78 is 1.81. The number of hydrogen-bond acceptors (Lipinski definition) is 4. The van der Waals surface area contributed by atoms with Crippen molar-refractivity contribution >= 4 is 22.9 Å². The summed E-state index contributed by atoms with van der Waals surface area (Å²) in [4.78, 5) is 5.49. The zero-order chi connectivity index (χ0) is 12.4. The lowest BCUT2D eigenvalue weighted by Crippen LogP contribution is -2.24. The molecule has 1 unspecified atom stereocenters. The first kappa shape index (κ1) is 12.5. The molecule has 6 heteroatoms. The molecule has 0 aliphatic heterocycles. The first-order valence-corrected chi connectivity index (χ1v) is 6.71. The van der Waals surface area contributed by atoms with Gasteiger partial charge in [-0.3, -0.25) is 4.68 Å². The molecule has 0 amide bonds. The van der Waals surface area contributed by atoms with Gasteiger partial charge in [-0.1, -0.05) is 18.5 Å². The minimum Gasteiger partial charge on any atom is -0.304 e. The Hall–Kier alpha value is -0.910. The highest BCUT2D eigenvalue weighted by Crippen LogP contribution is 2.31. The minimum absolute atomic E-state index is 0.0625. The summed E-state index contributed by atoms with van der Waals surface area (Å²) in [6.45, 7) is 4.96. The lowest BCUT2D eigenvalue weighted by atomic mass is 10.1. The van der Waals surface area contributed by atoms with Crippen LogP contribution in [0.25, 0.3) is 0 Å². The Balaban J connectivity index is 2.46. The van der Waals surface area contributed by atoms with Gasteiger partial charge in [0.25, 0.3) is 0 Å². The summed E-state index contributed by atoms with van der Waals surface area (Å²) >= 11 is 7.85. The molecule has 0 aliphatic carbocycles. The van der Waals surface area contributed by atoms with Gasteiger partial charge in [0.05, 0.1) is 39.0 Å². The van der Waals surface area contributed by atoms with E-state index in [1.165, 1.54) is 4.88 Å². The van der Waals surface area contributed by atoms with E-state index in [4.69, 9.17) is 11.6 Å². The number of aryl methyl sites for hydroxylation is 2. The van der Waals surface area contributed by atoms with Gasteiger partial charge in [-0.25, -0.2) is 4.98 Å². The standard InChI is InChI=1S/C11H15ClN4S/c1-4-13-9(11-7(2)14-6-17-11)10-8(12)5-15-16(10)3/h5-6,9,13H,4H2,1-3H3. The van der Waals surface area contributed by atoms with Gasteiger partial charge in [-0.2, -0.15) is 5.10 Å². The van der Waals surface area contributed by atoms with E-state index in [0.717, 1.165) is 17.9 Å². The second-order valence-electron chi connectivity index (χ2n) is 3.79. The summed E-state index contributed by atoms with van der Waals surface area (Å²) in [6, 6.07) is 0.0625. The Morgan fingerprint density at radius 2 is 2.35 bits per heavy atom. The molecule has 0 aliphatic rings. The van der Waals surface area contributed by atoms with Crippen molar-refractivity contribution in [1.29, 1.82) is 0 Å². The fourth-order valence-electron chi connectivity index (χ4n) is 1.85. The van der Waals surface area contributed by atoms with Crippen molar-refractivity contribution in [2.24, 2.45) is 7.05 Å². The predicted octanol–water partition coefficient (Wildman–Crippen LogP) is 2.54. The monoisotopic (exact) mass is 270 g/mol. The molecule has 2 heterocycles. The zero-order valence-corrected chi connectivity index (χ0v) is 11.6.